The first-order chi connectivity index (χ1) is 14.2. The average Bonchev–Trinajstić information content (AvgIpc) is 2.72. The van der Waals surface area contributed by atoms with Crippen LogP contribution in [0.15, 0.2) is 34.1 Å². The van der Waals surface area contributed by atoms with Crippen LogP contribution in [0.5, 0.6) is 0 Å². The predicted octanol–water partition coefficient (Wildman–Crippen LogP) is 2.50. The zero-order chi connectivity index (χ0) is 22.1. The number of rotatable bonds is 7. The standard InChI is InChI=1S/C19H23ClN6O3S/c1-5-12-8-15-18(25-16(12)20)26(11(2)3)19(27)17(24-15)23-9-13-6-7-14(10-22-13)30(28,29)21-4/h6-8,10-11,21H,5,9H2,1-4H3,(H,23,24). The van der Waals surface area contributed by atoms with Gasteiger partial charge in [-0.05, 0) is 51.1 Å². The van der Waals surface area contributed by atoms with Gasteiger partial charge in [0.15, 0.2) is 11.5 Å². The molecular weight excluding hydrogens is 428 g/mol. The SMILES string of the molecule is CCc1cc2nc(NCc3ccc(S(=O)(=O)NC)cn3)c(=O)n(C(C)C)c2nc1Cl. The van der Waals surface area contributed by atoms with Gasteiger partial charge in [0.2, 0.25) is 10.0 Å². The second-order valence-electron chi connectivity index (χ2n) is 6.91. The van der Waals surface area contributed by atoms with E-state index in [1.807, 2.05) is 26.8 Å². The molecule has 3 heterocycles. The van der Waals surface area contributed by atoms with E-state index in [1.165, 1.54) is 19.3 Å². The van der Waals surface area contributed by atoms with Crippen molar-refractivity contribution in [3.05, 3.63) is 51.2 Å². The number of fused-ring (bicyclic) bond motifs is 1. The van der Waals surface area contributed by atoms with Gasteiger partial charge in [0.25, 0.3) is 5.56 Å². The summed E-state index contributed by atoms with van der Waals surface area (Å²) in [6.45, 7) is 5.94. The Hall–Kier alpha value is -2.56. The summed E-state index contributed by atoms with van der Waals surface area (Å²) in [4.78, 5) is 26.0. The molecule has 0 bridgehead atoms. The molecule has 0 fully saturated rings. The third kappa shape index (κ3) is 4.30. The van der Waals surface area contributed by atoms with Gasteiger partial charge in [-0.15, -0.1) is 0 Å². The smallest absolute Gasteiger partial charge is 0.295 e. The molecule has 3 aromatic rings. The molecule has 0 radical (unpaired) electrons. The summed E-state index contributed by atoms with van der Waals surface area (Å²) in [5.41, 5.74) is 2.09. The summed E-state index contributed by atoms with van der Waals surface area (Å²) in [7, 11) is -2.22. The summed E-state index contributed by atoms with van der Waals surface area (Å²) < 4.78 is 27.4. The van der Waals surface area contributed by atoms with Crippen LogP contribution in [0, 0.1) is 0 Å². The lowest BCUT2D eigenvalue weighted by atomic mass is 10.2. The van der Waals surface area contributed by atoms with Crippen molar-refractivity contribution in [1.29, 1.82) is 0 Å². The number of aryl methyl sites for hydroxylation is 1. The van der Waals surface area contributed by atoms with Gasteiger partial charge in [0.1, 0.15) is 15.6 Å². The summed E-state index contributed by atoms with van der Waals surface area (Å²) >= 11 is 6.24. The third-order valence-electron chi connectivity index (χ3n) is 4.60. The number of pyridine rings is 2. The lowest BCUT2D eigenvalue weighted by Gasteiger charge is -2.16. The van der Waals surface area contributed by atoms with Gasteiger partial charge >= 0.3 is 0 Å². The molecule has 3 aromatic heterocycles. The van der Waals surface area contributed by atoms with Crippen LogP contribution in [0.3, 0.4) is 0 Å². The number of aromatic nitrogens is 4. The summed E-state index contributed by atoms with van der Waals surface area (Å²) in [6.07, 6.45) is 1.96. The normalized spacial score (nSPS) is 11.9. The van der Waals surface area contributed by atoms with Crippen LogP contribution in [-0.4, -0.2) is 35.0 Å². The molecule has 0 unspecified atom stereocenters. The van der Waals surface area contributed by atoms with Gasteiger partial charge < -0.3 is 5.32 Å². The Kier molecular flexibility index (Phi) is 6.39. The first kappa shape index (κ1) is 22.1. The Morgan fingerprint density at radius 1 is 1.23 bits per heavy atom. The Morgan fingerprint density at radius 3 is 2.53 bits per heavy atom. The van der Waals surface area contributed by atoms with Crippen molar-refractivity contribution in [2.45, 2.75) is 44.7 Å². The van der Waals surface area contributed by atoms with Crippen LogP contribution < -0.4 is 15.6 Å². The molecule has 9 nitrogen and oxygen atoms in total. The second-order valence-corrected chi connectivity index (χ2v) is 9.15. The fraction of sp³-hybridized carbons (Fsp3) is 0.368. The molecule has 3 rings (SSSR count). The fourth-order valence-corrected chi connectivity index (χ4v) is 3.90. The largest absolute Gasteiger partial charge is 0.360 e. The quantitative estimate of drug-likeness (QED) is 0.530. The van der Waals surface area contributed by atoms with E-state index in [9.17, 15) is 13.2 Å². The molecule has 0 aromatic carbocycles. The van der Waals surface area contributed by atoms with Gasteiger partial charge in [-0.25, -0.2) is 23.1 Å². The van der Waals surface area contributed by atoms with Crippen molar-refractivity contribution in [3.63, 3.8) is 0 Å². The zero-order valence-corrected chi connectivity index (χ0v) is 18.7. The number of nitrogens with zero attached hydrogens (tertiary/aromatic N) is 4. The summed E-state index contributed by atoms with van der Waals surface area (Å²) in [6, 6.07) is 4.72. The number of anilines is 1. The van der Waals surface area contributed by atoms with E-state index in [2.05, 4.69) is 25.0 Å². The summed E-state index contributed by atoms with van der Waals surface area (Å²) in [5, 5.41) is 3.37. The number of halogens is 1. The van der Waals surface area contributed by atoms with E-state index < -0.39 is 10.0 Å². The Bertz CT molecular complexity index is 1240. The zero-order valence-electron chi connectivity index (χ0n) is 17.1. The molecule has 0 aliphatic heterocycles. The maximum atomic E-state index is 13.0. The van der Waals surface area contributed by atoms with Gasteiger partial charge in [-0.2, -0.15) is 0 Å². The molecule has 160 valence electrons. The van der Waals surface area contributed by atoms with Gasteiger partial charge in [-0.3, -0.25) is 14.3 Å². The molecule has 0 saturated heterocycles. The van der Waals surface area contributed by atoms with Crippen LogP contribution in [-0.2, 0) is 23.0 Å². The Balaban J connectivity index is 1.97. The van der Waals surface area contributed by atoms with Crippen LogP contribution in [0.2, 0.25) is 5.15 Å². The van der Waals surface area contributed by atoms with Crippen molar-refractivity contribution in [2.75, 3.05) is 12.4 Å². The molecule has 11 heteroatoms. The van der Waals surface area contributed by atoms with Crippen LogP contribution >= 0.6 is 11.6 Å². The van der Waals surface area contributed by atoms with Crippen molar-refractivity contribution in [1.82, 2.24) is 24.2 Å². The van der Waals surface area contributed by atoms with Crippen LogP contribution in [0.4, 0.5) is 5.82 Å². The Labute approximate surface area is 179 Å². The second kappa shape index (κ2) is 8.66. The highest BCUT2D eigenvalue weighted by Crippen LogP contribution is 2.22. The van der Waals surface area contributed by atoms with E-state index in [4.69, 9.17) is 11.6 Å². The molecule has 30 heavy (non-hydrogen) atoms. The van der Waals surface area contributed by atoms with Crippen molar-refractivity contribution in [3.8, 4) is 0 Å². The average molecular weight is 451 g/mol. The minimum Gasteiger partial charge on any atom is -0.360 e. The molecule has 0 saturated carbocycles. The molecule has 0 amide bonds. The van der Waals surface area contributed by atoms with E-state index >= 15 is 0 Å². The van der Waals surface area contributed by atoms with Gasteiger partial charge in [-0.1, -0.05) is 18.5 Å². The minimum absolute atomic E-state index is 0.0646. The number of hydrogen-bond donors (Lipinski definition) is 2. The first-order valence-electron chi connectivity index (χ1n) is 9.42. The number of nitrogens with one attached hydrogen (secondary N) is 2. The molecule has 0 atom stereocenters. The first-order valence-corrected chi connectivity index (χ1v) is 11.3. The van der Waals surface area contributed by atoms with Crippen molar-refractivity contribution >= 4 is 38.6 Å². The molecule has 0 aliphatic carbocycles. The predicted molar refractivity (Wildman–Crippen MR) is 116 cm³/mol. The minimum atomic E-state index is -3.55. The van der Waals surface area contributed by atoms with Crippen LogP contribution in [0.25, 0.3) is 11.2 Å². The lowest BCUT2D eigenvalue weighted by molar-refractivity contribution is 0.587. The summed E-state index contributed by atoms with van der Waals surface area (Å²) in [5.74, 6) is 0.163. The monoisotopic (exact) mass is 450 g/mol. The maximum absolute atomic E-state index is 13.0. The third-order valence-corrected chi connectivity index (χ3v) is 6.33. The number of hydrogen-bond acceptors (Lipinski definition) is 7. The highest BCUT2D eigenvalue weighted by molar-refractivity contribution is 7.89. The Morgan fingerprint density at radius 2 is 1.97 bits per heavy atom. The topological polar surface area (TPSA) is 119 Å². The van der Waals surface area contributed by atoms with Crippen molar-refractivity contribution in [2.24, 2.45) is 0 Å². The van der Waals surface area contributed by atoms with Gasteiger partial charge in [0.05, 0.1) is 12.2 Å². The van der Waals surface area contributed by atoms with Crippen LogP contribution in [0.1, 0.15) is 38.1 Å². The van der Waals surface area contributed by atoms with E-state index in [0.29, 0.717) is 28.4 Å². The van der Waals surface area contributed by atoms with E-state index in [-0.39, 0.29) is 28.9 Å². The van der Waals surface area contributed by atoms with Crippen molar-refractivity contribution < 1.29 is 8.42 Å². The maximum Gasteiger partial charge on any atom is 0.295 e. The number of sulfonamides is 1. The van der Waals surface area contributed by atoms with E-state index in [0.717, 1.165) is 5.56 Å². The lowest BCUT2D eigenvalue weighted by Crippen LogP contribution is -2.27. The van der Waals surface area contributed by atoms with Gasteiger partial charge in [0, 0.05) is 12.2 Å². The highest BCUT2D eigenvalue weighted by atomic mass is 35.5. The molecule has 0 spiro atoms. The van der Waals surface area contributed by atoms with E-state index in [1.54, 1.807) is 10.6 Å². The fourth-order valence-electron chi connectivity index (χ4n) is 2.96. The highest BCUT2D eigenvalue weighted by Gasteiger charge is 2.17. The molecule has 2 N–H and O–H groups in total. The molecule has 0 aliphatic rings. The molecular formula is C19H23ClN6O3S.